The first-order valence-electron chi connectivity index (χ1n) is 7.61. The maximum atomic E-state index is 14.2. The second-order valence-electron chi connectivity index (χ2n) is 5.51. The van der Waals surface area contributed by atoms with E-state index in [-0.39, 0.29) is 17.7 Å². The Kier molecular flexibility index (Phi) is 4.80. The van der Waals surface area contributed by atoms with Gasteiger partial charge in [-0.2, -0.15) is 0 Å². The summed E-state index contributed by atoms with van der Waals surface area (Å²) in [7, 11) is 0. The van der Waals surface area contributed by atoms with Gasteiger partial charge in [0.1, 0.15) is 17.7 Å². The molecule has 0 aromatic heterocycles. The van der Waals surface area contributed by atoms with Crippen molar-refractivity contribution in [3.63, 3.8) is 0 Å². The largest absolute Gasteiger partial charge is 0.365 e. The molecule has 1 N–H and O–H groups in total. The van der Waals surface area contributed by atoms with E-state index in [4.69, 9.17) is 4.74 Å². The van der Waals surface area contributed by atoms with Crippen LogP contribution >= 0.6 is 0 Å². The van der Waals surface area contributed by atoms with Crippen LogP contribution in [0.15, 0.2) is 48.5 Å². The molecule has 1 aliphatic heterocycles. The maximum absolute atomic E-state index is 14.2. The molecule has 1 heterocycles. The van der Waals surface area contributed by atoms with Crippen molar-refractivity contribution in [3.05, 3.63) is 71.3 Å². The molecule has 0 atom stereocenters. The van der Waals surface area contributed by atoms with Gasteiger partial charge in [0.05, 0.1) is 6.10 Å². The highest BCUT2D eigenvalue weighted by Gasteiger charge is 2.25. The Hall–Kier alpha value is -1.78. The Balaban J connectivity index is 1.95. The van der Waals surface area contributed by atoms with Crippen LogP contribution in [0.2, 0.25) is 0 Å². The molecule has 2 aromatic carbocycles. The minimum Gasteiger partial charge on any atom is -0.365 e. The lowest BCUT2D eigenvalue weighted by atomic mass is 9.99. The van der Waals surface area contributed by atoms with Gasteiger partial charge in [-0.15, -0.1) is 0 Å². The summed E-state index contributed by atoms with van der Waals surface area (Å²) in [5, 5.41) is 3.26. The molecule has 0 aliphatic carbocycles. The second kappa shape index (κ2) is 6.99. The molecular formula is C18H19F2NO. The summed E-state index contributed by atoms with van der Waals surface area (Å²) in [6.07, 6.45) is 0.981. The Morgan fingerprint density at radius 1 is 0.864 bits per heavy atom. The van der Waals surface area contributed by atoms with Gasteiger partial charge in [-0.1, -0.05) is 36.4 Å². The number of nitrogens with one attached hydrogen (secondary N) is 1. The summed E-state index contributed by atoms with van der Waals surface area (Å²) in [4.78, 5) is 0. The predicted molar refractivity (Wildman–Crippen MR) is 81.6 cm³/mol. The minimum atomic E-state index is -0.717. The summed E-state index contributed by atoms with van der Waals surface area (Å²) >= 11 is 0. The molecule has 0 bridgehead atoms. The number of ether oxygens (including phenoxy) is 1. The molecule has 1 saturated heterocycles. The van der Waals surface area contributed by atoms with Gasteiger partial charge in [-0.3, -0.25) is 0 Å². The number of rotatable bonds is 4. The highest BCUT2D eigenvalue weighted by Crippen LogP contribution is 2.32. The van der Waals surface area contributed by atoms with Crippen LogP contribution in [-0.4, -0.2) is 19.2 Å². The van der Waals surface area contributed by atoms with Crippen molar-refractivity contribution in [1.82, 2.24) is 5.32 Å². The van der Waals surface area contributed by atoms with Crippen LogP contribution in [0.1, 0.15) is 30.1 Å². The summed E-state index contributed by atoms with van der Waals surface area (Å²) in [5.41, 5.74) is 0.761. The number of halogens is 2. The maximum Gasteiger partial charge on any atom is 0.129 e. The molecule has 0 spiro atoms. The lowest BCUT2D eigenvalue weighted by Gasteiger charge is -2.29. The predicted octanol–water partition coefficient (Wildman–Crippen LogP) is 3.82. The van der Waals surface area contributed by atoms with E-state index in [0.717, 1.165) is 25.9 Å². The van der Waals surface area contributed by atoms with E-state index in [0.29, 0.717) is 11.1 Å². The lowest BCUT2D eigenvalue weighted by Crippen LogP contribution is -2.33. The van der Waals surface area contributed by atoms with Crippen molar-refractivity contribution in [3.8, 4) is 0 Å². The zero-order chi connectivity index (χ0) is 15.4. The molecule has 3 rings (SSSR count). The second-order valence-corrected chi connectivity index (χ2v) is 5.51. The monoisotopic (exact) mass is 303 g/mol. The highest BCUT2D eigenvalue weighted by molar-refractivity contribution is 5.32. The molecule has 1 aliphatic rings. The van der Waals surface area contributed by atoms with Crippen molar-refractivity contribution >= 4 is 0 Å². The van der Waals surface area contributed by atoms with E-state index in [2.05, 4.69) is 5.32 Å². The fourth-order valence-electron chi connectivity index (χ4n) is 2.81. The van der Waals surface area contributed by atoms with Crippen LogP contribution in [0.3, 0.4) is 0 Å². The third kappa shape index (κ3) is 3.34. The number of piperidine rings is 1. The molecule has 4 heteroatoms. The third-order valence-corrected chi connectivity index (χ3v) is 3.99. The van der Waals surface area contributed by atoms with E-state index < -0.39 is 6.10 Å². The van der Waals surface area contributed by atoms with Gasteiger partial charge in [0.2, 0.25) is 0 Å². The third-order valence-electron chi connectivity index (χ3n) is 3.99. The van der Waals surface area contributed by atoms with Crippen molar-refractivity contribution in [1.29, 1.82) is 0 Å². The molecule has 0 amide bonds. The first-order valence-corrected chi connectivity index (χ1v) is 7.61. The van der Waals surface area contributed by atoms with E-state index in [1.54, 1.807) is 36.4 Å². The van der Waals surface area contributed by atoms with Crippen LogP contribution in [0.5, 0.6) is 0 Å². The van der Waals surface area contributed by atoms with Gasteiger partial charge in [-0.25, -0.2) is 8.78 Å². The van der Waals surface area contributed by atoms with Gasteiger partial charge in [-0.05, 0) is 38.1 Å². The van der Waals surface area contributed by atoms with Crippen molar-refractivity contribution in [2.45, 2.75) is 25.0 Å². The van der Waals surface area contributed by atoms with Crippen LogP contribution in [-0.2, 0) is 4.74 Å². The molecule has 1 fully saturated rings. The van der Waals surface area contributed by atoms with E-state index in [1.807, 2.05) is 0 Å². The Bertz CT molecular complexity index is 580. The van der Waals surface area contributed by atoms with Gasteiger partial charge in [0.15, 0.2) is 0 Å². The number of hydrogen-bond donors (Lipinski definition) is 1. The van der Waals surface area contributed by atoms with Crippen LogP contribution in [0.25, 0.3) is 0 Å². The summed E-state index contributed by atoms with van der Waals surface area (Å²) in [6.45, 7) is 1.73. The highest BCUT2D eigenvalue weighted by atomic mass is 19.1. The van der Waals surface area contributed by atoms with Gasteiger partial charge in [0, 0.05) is 11.1 Å². The smallest absolute Gasteiger partial charge is 0.129 e. The van der Waals surface area contributed by atoms with E-state index >= 15 is 0 Å². The molecule has 2 nitrogen and oxygen atoms in total. The first-order chi connectivity index (χ1) is 10.8. The zero-order valence-corrected chi connectivity index (χ0v) is 12.3. The number of hydrogen-bond acceptors (Lipinski definition) is 2. The quantitative estimate of drug-likeness (QED) is 0.927. The van der Waals surface area contributed by atoms with E-state index in [1.165, 1.54) is 12.1 Å². The first kappa shape index (κ1) is 15.1. The van der Waals surface area contributed by atoms with E-state index in [9.17, 15) is 8.78 Å². The van der Waals surface area contributed by atoms with Crippen LogP contribution in [0, 0.1) is 11.6 Å². The molecule has 2 aromatic rings. The normalized spacial score (nSPS) is 16.1. The van der Waals surface area contributed by atoms with Crippen LogP contribution < -0.4 is 5.32 Å². The van der Waals surface area contributed by atoms with Gasteiger partial charge < -0.3 is 10.1 Å². The summed E-state index contributed by atoms with van der Waals surface area (Å²) in [5.74, 6) is -0.741. The fraction of sp³-hybridized carbons (Fsp3) is 0.333. The minimum absolute atomic E-state index is 0.00506. The molecular weight excluding hydrogens is 284 g/mol. The van der Waals surface area contributed by atoms with Gasteiger partial charge >= 0.3 is 0 Å². The SMILES string of the molecule is Fc1ccccc1C(OC1CCNCC1)c1ccccc1F. The topological polar surface area (TPSA) is 21.3 Å². The molecule has 0 saturated carbocycles. The van der Waals surface area contributed by atoms with Crippen molar-refractivity contribution in [2.75, 3.05) is 13.1 Å². The van der Waals surface area contributed by atoms with Crippen LogP contribution in [0.4, 0.5) is 8.78 Å². The van der Waals surface area contributed by atoms with Crippen molar-refractivity contribution in [2.24, 2.45) is 0 Å². The summed E-state index contributed by atoms with van der Waals surface area (Å²) < 4.78 is 34.5. The number of benzene rings is 2. The van der Waals surface area contributed by atoms with Crippen molar-refractivity contribution < 1.29 is 13.5 Å². The lowest BCUT2D eigenvalue weighted by molar-refractivity contribution is -0.0109. The fourth-order valence-corrected chi connectivity index (χ4v) is 2.81. The molecule has 0 radical (unpaired) electrons. The Morgan fingerprint density at radius 2 is 1.36 bits per heavy atom. The standard InChI is InChI=1S/C18H19F2NO/c19-16-7-3-1-5-14(16)18(15-6-2-4-8-17(15)20)22-13-9-11-21-12-10-13/h1-8,13,18,21H,9-12H2. The average molecular weight is 303 g/mol. The molecule has 22 heavy (non-hydrogen) atoms. The average Bonchev–Trinajstić information content (AvgIpc) is 2.55. The molecule has 116 valence electrons. The van der Waals surface area contributed by atoms with Gasteiger partial charge in [0.25, 0.3) is 0 Å². The molecule has 0 unspecified atom stereocenters. The zero-order valence-electron chi connectivity index (χ0n) is 12.3. The summed E-state index contributed by atoms with van der Waals surface area (Å²) in [6, 6.07) is 12.8. The Morgan fingerprint density at radius 3 is 1.86 bits per heavy atom. The Labute approximate surface area is 129 Å².